The highest BCUT2D eigenvalue weighted by Crippen LogP contribution is 2.19. The third-order valence-electron chi connectivity index (χ3n) is 4.08. The first-order valence-corrected chi connectivity index (χ1v) is 9.72. The SMILES string of the molecule is CCNC(=NCc1ccc(OC)c(F)c1)NCC(O)c1ccc(OC(C)C)cc1.I. The lowest BCUT2D eigenvalue weighted by molar-refractivity contribution is 0.180. The number of ether oxygens (including phenoxy) is 2. The number of benzene rings is 2. The summed E-state index contributed by atoms with van der Waals surface area (Å²) >= 11 is 0. The molecule has 1 unspecified atom stereocenters. The van der Waals surface area contributed by atoms with E-state index in [1.165, 1.54) is 13.2 Å². The van der Waals surface area contributed by atoms with Crippen LogP contribution in [0.5, 0.6) is 11.5 Å². The minimum absolute atomic E-state index is 0. The predicted octanol–water partition coefficient (Wildman–Crippen LogP) is 4.03. The van der Waals surface area contributed by atoms with Gasteiger partial charge in [-0.2, -0.15) is 0 Å². The second-order valence-corrected chi connectivity index (χ2v) is 6.80. The molecule has 0 aliphatic rings. The fourth-order valence-corrected chi connectivity index (χ4v) is 2.67. The van der Waals surface area contributed by atoms with Crippen molar-refractivity contribution in [3.8, 4) is 11.5 Å². The fourth-order valence-electron chi connectivity index (χ4n) is 2.67. The Morgan fingerprint density at radius 2 is 1.83 bits per heavy atom. The van der Waals surface area contributed by atoms with Gasteiger partial charge in [-0.25, -0.2) is 9.38 Å². The highest BCUT2D eigenvalue weighted by atomic mass is 127. The molecular weight excluding hydrogens is 500 g/mol. The number of aliphatic hydroxyl groups is 1. The Labute approximate surface area is 194 Å². The Hall–Kier alpha value is -2.07. The number of rotatable bonds is 9. The van der Waals surface area contributed by atoms with Gasteiger partial charge in [-0.3, -0.25) is 0 Å². The summed E-state index contributed by atoms with van der Waals surface area (Å²) in [4.78, 5) is 4.45. The molecule has 0 fully saturated rings. The first-order chi connectivity index (χ1) is 13.9. The Morgan fingerprint density at radius 1 is 1.13 bits per heavy atom. The lowest BCUT2D eigenvalue weighted by Crippen LogP contribution is -2.39. The van der Waals surface area contributed by atoms with Gasteiger partial charge in [-0.1, -0.05) is 18.2 Å². The monoisotopic (exact) mass is 531 g/mol. The van der Waals surface area contributed by atoms with Crippen LogP contribution in [0.2, 0.25) is 0 Å². The molecule has 0 aromatic heterocycles. The third kappa shape index (κ3) is 8.35. The van der Waals surface area contributed by atoms with Crippen LogP contribution < -0.4 is 20.1 Å². The van der Waals surface area contributed by atoms with Gasteiger partial charge in [0.25, 0.3) is 0 Å². The highest BCUT2D eigenvalue weighted by molar-refractivity contribution is 14.0. The van der Waals surface area contributed by atoms with Crippen molar-refractivity contribution >= 4 is 29.9 Å². The van der Waals surface area contributed by atoms with E-state index in [1.54, 1.807) is 12.1 Å². The van der Waals surface area contributed by atoms with E-state index in [2.05, 4.69) is 15.6 Å². The molecule has 166 valence electrons. The molecule has 2 aromatic carbocycles. The molecule has 2 rings (SSSR count). The first-order valence-electron chi connectivity index (χ1n) is 9.72. The van der Waals surface area contributed by atoms with Crippen LogP contribution in [0.1, 0.15) is 38.0 Å². The maximum Gasteiger partial charge on any atom is 0.191 e. The van der Waals surface area contributed by atoms with Gasteiger partial charge in [-0.05, 0) is 56.2 Å². The summed E-state index contributed by atoms with van der Waals surface area (Å²) in [6.07, 6.45) is -0.601. The Kier molecular flexibility index (Phi) is 11.5. The lowest BCUT2D eigenvalue weighted by atomic mass is 10.1. The maximum absolute atomic E-state index is 13.8. The number of methoxy groups -OCH3 is 1. The molecule has 2 aromatic rings. The molecule has 0 aliphatic heterocycles. The summed E-state index contributed by atoms with van der Waals surface area (Å²) in [6, 6.07) is 12.1. The smallest absolute Gasteiger partial charge is 0.191 e. The number of hydrogen-bond donors (Lipinski definition) is 3. The van der Waals surface area contributed by atoms with Crippen molar-refractivity contribution in [3.63, 3.8) is 0 Å². The predicted molar refractivity (Wildman–Crippen MR) is 128 cm³/mol. The van der Waals surface area contributed by atoms with Gasteiger partial charge in [0.15, 0.2) is 17.5 Å². The molecule has 0 amide bonds. The normalized spacial score (nSPS) is 12.2. The number of aliphatic hydroxyl groups excluding tert-OH is 1. The second-order valence-electron chi connectivity index (χ2n) is 6.80. The van der Waals surface area contributed by atoms with Crippen molar-refractivity contribution in [1.29, 1.82) is 0 Å². The van der Waals surface area contributed by atoms with Gasteiger partial charge in [0.05, 0.1) is 25.9 Å². The van der Waals surface area contributed by atoms with Crippen molar-refractivity contribution < 1.29 is 19.0 Å². The van der Waals surface area contributed by atoms with Gasteiger partial charge < -0.3 is 25.2 Å². The minimum atomic E-state index is -0.703. The summed E-state index contributed by atoms with van der Waals surface area (Å²) in [7, 11) is 1.43. The van der Waals surface area contributed by atoms with Crippen LogP contribution in [0.3, 0.4) is 0 Å². The third-order valence-corrected chi connectivity index (χ3v) is 4.08. The highest BCUT2D eigenvalue weighted by Gasteiger charge is 2.10. The van der Waals surface area contributed by atoms with Crippen LogP contribution in [-0.4, -0.2) is 37.4 Å². The molecule has 0 radical (unpaired) electrons. The van der Waals surface area contributed by atoms with Gasteiger partial charge in [0, 0.05) is 13.1 Å². The van der Waals surface area contributed by atoms with E-state index in [9.17, 15) is 9.50 Å². The molecular formula is C22H31FIN3O3. The lowest BCUT2D eigenvalue weighted by Gasteiger charge is -2.16. The van der Waals surface area contributed by atoms with Crippen LogP contribution in [0.25, 0.3) is 0 Å². The van der Waals surface area contributed by atoms with E-state index in [0.29, 0.717) is 19.0 Å². The zero-order valence-corrected chi connectivity index (χ0v) is 20.1. The van der Waals surface area contributed by atoms with E-state index in [4.69, 9.17) is 9.47 Å². The molecule has 0 saturated heterocycles. The largest absolute Gasteiger partial charge is 0.494 e. The molecule has 0 bridgehead atoms. The summed E-state index contributed by atoms with van der Waals surface area (Å²) in [5.74, 6) is 1.10. The van der Waals surface area contributed by atoms with Crippen LogP contribution in [0.15, 0.2) is 47.5 Å². The van der Waals surface area contributed by atoms with Gasteiger partial charge in [0.2, 0.25) is 0 Å². The van der Waals surface area contributed by atoms with E-state index < -0.39 is 11.9 Å². The molecule has 30 heavy (non-hydrogen) atoms. The number of aliphatic imine (C=N–C) groups is 1. The van der Waals surface area contributed by atoms with Crippen LogP contribution >= 0.6 is 24.0 Å². The number of nitrogens with one attached hydrogen (secondary N) is 2. The Morgan fingerprint density at radius 3 is 2.40 bits per heavy atom. The minimum Gasteiger partial charge on any atom is -0.494 e. The van der Waals surface area contributed by atoms with Gasteiger partial charge in [0.1, 0.15) is 5.75 Å². The summed E-state index contributed by atoms with van der Waals surface area (Å²) in [5, 5.41) is 16.7. The topological polar surface area (TPSA) is 75.1 Å². The van der Waals surface area contributed by atoms with Gasteiger partial charge in [-0.15, -0.1) is 24.0 Å². The molecule has 0 aliphatic carbocycles. The van der Waals surface area contributed by atoms with E-state index in [-0.39, 0.29) is 42.4 Å². The van der Waals surface area contributed by atoms with Crippen LogP contribution in [0.4, 0.5) is 4.39 Å². The molecule has 0 spiro atoms. The number of guanidine groups is 1. The molecule has 6 nitrogen and oxygen atoms in total. The molecule has 0 saturated carbocycles. The Bertz CT molecular complexity index is 801. The first kappa shape index (κ1) is 26.0. The molecule has 8 heteroatoms. The van der Waals surface area contributed by atoms with Crippen molar-refractivity contribution in [3.05, 3.63) is 59.4 Å². The number of nitrogens with zero attached hydrogens (tertiary/aromatic N) is 1. The van der Waals surface area contributed by atoms with Crippen molar-refractivity contribution in [2.75, 3.05) is 20.2 Å². The second kappa shape index (κ2) is 13.3. The fraction of sp³-hybridized carbons (Fsp3) is 0.409. The number of halogens is 2. The number of hydrogen-bond acceptors (Lipinski definition) is 4. The molecule has 1 atom stereocenters. The van der Waals surface area contributed by atoms with E-state index in [0.717, 1.165) is 16.9 Å². The molecule has 0 heterocycles. The summed E-state index contributed by atoms with van der Waals surface area (Å²) in [5.41, 5.74) is 1.50. The average Bonchev–Trinajstić information content (AvgIpc) is 2.70. The molecule has 3 N–H and O–H groups in total. The Balaban J connectivity index is 0.00000450. The van der Waals surface area contributed by atoms with Gasteiger partial charge >= 0.3 is 0 Å². The van der Waals surface area contributed by atoms with Crippen molar-refractivity contribution in [1.82, 2.24) is 10.6 Å². The van der Waals surface area contributed by atoms with Crippen LogP contribution in [0, 0.1) is 5.82 Å². The van der Waals surface area contributed by atoms with E-state index in [1.807, 2.05) is 45.0 Å². The summed E-state index contributed by atoms with van der Waals surface area (Å²) in [6.45, 7) is 7.14. The average molecular weight is 531 g/mol. The van der Waals surface area contributed by atoms with E-state index >= 15 is 0 Å². The summed E-state index contributed by atoms with van der Waals surface area (Å²) < 4.78 is 24.4. The van der Waals surface area contributed by atoms with Crippen molar-refractivity contribution in [2.24, 2.45) is 4.99 Å². The quantitative estimate of drug-likeness (QED) is 0.259. The zero-order chi connectivity index (χ0) is 21.2. The maximum atomic E-state index is 13.8. The van der Waals surface area contributed by atoms with Crippen LogP contribution in [-0.2, 0) is 6.54 Å². The van der Waals surface area contributed by atoms with Crippen molar-refractivity contribution in [2.45, 2.75) is 39.5 Å². The zero-order valence-electron chi connectivity index (χ0n) is 17.8. The standard InChI is InChI=1S/C22H30FN3O3.HI/c1-5-24-22(25-13-16-6-11-21(28-4)19(23)12-16)26-14-20(27)17-7-9-18(10-8-17)29-15(2)3;/h6-12,15,20,27H,5,13-14H2,1-4H3,(H2,24,25,26);1H.